The Morgan fingerprint density at radius 1 is 0.429 bits per heavy atom. The first-order valence-corrected chi connectivity index (χ1v) is 8.88. The van der Waals surface area contributed by atoms with Gasteiger partial charge in [0.1, 0.15) is 0 Å². The predicted molar refractivity (Wildman–Crippen MR) is 109 cm³/mol. The zero-order valence-corrected chi connectivity index (χ0v) is 15.3. The number of benzene rings is 5. The van der Waals surface area contributed by atoms with E-state index in [4.69, 9.17) is 9.47 Å². The monoisotopic (exact) mass is 374 g/mol. The van der Waals surface area contributed by atoms with Crippen molar-refractivity contribution in [1.29, 1.82) is 0 Å². The van der Waals surface area contributed by atoms with E-state index in [9.17, 15) is 8.78 Å². The number of hydrogen-bond donors (Lipinski definition) is 0. The molecule has 5 aromatic carbocycles. The normalized spacial score (nSPS) is 11.6. The van der Waals surface area contributed by atoms with Gasteiger partial charge in [-0.1, -0.05) is 0 Å². The molecule has 0 aliphatic carbocycles. The van der Waals surface area contributed by atoms with E-state index in [0.29, 0.717) is 22.3 Å². The molecular weight excluding hydrogens is 358 g/mol. The summed E-state index contributed by atoms with van der Waals surface area (Å²) >= 11 is 0. The quantitative estimate of drug-likeness (QED) is 0.324. The second-order valence-electron chi connectivity index (χ2n) is 6.92. The molecule has 138 valence electrons. The van der Waals surface area contributed by atoms with Gasteiger partial charge >= 0.3 is 0 Å². The third-order valence-electron chi connectivity index (χ3n) is 5.25. The molecule has 5 aromatic rings. The summed E-state index contributed by atoms with van der Waals surface area (Å²) in [5, 5.41) is 7.52. The summed E-state index contributed by atoms with van der Waals surface area (Å²) in [5.74, 6) is -0.309. The lowest BCUT2D eigenvalue weighted by Crippen LogP contribution is -1.90. The average molecular weight is 374 g/mol. The Morgan fingerprint density at radius 2 is 0.679 bits per heavy atom. The maximum Gasteiger partial charge on any atom is 0.161 e. The first-order valence-electron chi connectivity index (χ1n) is 8.88. The van der Waals surface area contributed by atoms with Crippen LogP contribution in [0.3, 0.4) is 0 Å². The van der Waals surface area contributed by atoms with Crippen LogP contribution in [0.5, 0.6) is 11.5 Å². The second kappa shape index (κ2) is 6.06. The Morgan fingerprint density at radius 3 is 0.964 bits per heavy atom. The van der Waals surface area contributed by atoms with Gasteiger partial charge in [0.05, 0.1) is 14.2 Å². The molecule has 4 heteroatoms. The number of rotatable bonds is 2. The topological polar surface area (TPSA) is 18.5 Å². The Bertz CT molecular complexity index is 1300. The first kappa shape index (κ1) is 16.8. The van der Waals surface area contributed by atoms with Crippen LogP contribution >= 0.6 is 0 Å². The van der Waals surface area contributed by atoms with Crippen molar-refractivity contribution in [2.24, 2.45) is 0 Å². The van der Waals surface area contributed by atoms with Crippen LogP contribution in [0, 0.1) is 11.6 Å². The fourth-order valence-electron chi connectivity index (χ4n) is 3.83. The van der Waals surface area contributed by atoms with Crippen LogP contribution in [0.15, 0.2) is 60.7 Å². The summed E-state index contributed by atoms with van der Waals surface area (Å²) in [5.41, 5.74) is 0. The molecular formula is C24H16F2O2. The summed E-state index contributed by atoms with van der Waals surface area (Å²) in [6.45, 7) is 0. The van der Waals surface area contributed by atoms with Crippen molar-refractivity contribution in [3.63, 3.8) is 0 Å². The molecule has 0 saturated heterocycles. The average Bonchev–Trinajstić information content (AvgIpc) is 2.69. The molecule has 0 heterocycles. The van der Waals surface area contributed by atoms with E-state index in [-0.39, 0.29) is 0 Å². The van der Waals surface area contributed by atoms with Crippen molar-refractivity contribution in [3.8, 4) is 11.5 Å². The molecule has 28 heavy (non-hydrogen) atoms. The van der Waals surface area contributed by atoms with E-state index >= 15 is 0 Å². The zero-order valence-electron chi connectivity index (χ0n) is 15.3. The van der Waals surface area contributed by atoms with E-state index in [1.165, 1.54) is 12.1 Å². The second-order valence-corrected chi connectivity index (χ2v) is 6.92. The number of halogens is 2. The summed E-state index contributed by atoms with van der Waals surface area (Å²) < 4.78 is 38.0. The van der Waals surface area contributed by atoms with Crippen molar-refractivity contribution < 1.29 is 18.3 Å². The molecule has 5 rings (SSSR count). The Balaban J connectivity index is 1.81. The highest BCUT2D eigenvalue weighted by Crippen LogP contribution is 2.36. The minimum Gasteiger partial charge on any atom is -0.493 e. The fraction of sp³-hybridized carbons (Fsp3) is 0.0833. The van der Waals surface area contributed by atoms with Crippen LogP contribution in [0.1, 0.15) is 0 Å². The van der Waals surface area contributed by atoms with Crippen molar-refractivity contribution >= 4 is 43.1 Å². The van der Waals surface area contributed by atoms with Gasteiger partial charge in [-0.2, -0.15) is 0 Å². The number of fused-ring (bicyclic) bond motifs is 4. The first-order chi connectivity index (χ1) is 13.6. The molecule has 0 bridgehead atoms. The van der Waals surface area contributed by atoms with Crippen molar-refractivity contribution in [2.45, 2.75) is 0 Å². The summed E-state index contributed by atoms with van der Waals surface area (Å²) in [6.07, 6.45) is 0. The SMILES string of the molecule is COc1cc2cc3cc4cc5cc(F)c(F)cc5cc4cc3cc2cc1OC. The molecule has 0 fully saturated rings. The fourth-order valence-corrected chi connectivity index (χ4v) is 3.83. The molecule has 0 amide bonds. The largest absolute Gasteiger partial charge is 0.493 e. The van der Waals surface area contributed by atoms with Gasteiger partial charge in [0.25, 0.3) is 0 Å². The molecule has 0 radical (unpaired) electrons. The van der Waals surface area contributed by atoms with Crippen LogP contribution in [-0.2, 0) is 0 Å². The van der Waals surface area contributed by atoms with Crippen LogP contribution in [-0.4, -0.2) is 14.2 Å². The van der Waals surface area contributed by atoms with E-state index in [1.807, 2.05) is 24.3 Å². The molecule has 0 saturated carbocycles. The van der Waals surface area contributed by atoms with Gasteiger partial charge in [-0.3, -0.25) is 0 Å². The van der Waals surface area contributed by atoms with E-state index in [1.54, 1.807) is 14.2 Å². The summed E-state index contributed by atoms with van der Waals surface area (Å²) in [6, 6.07) is 18.5. The molecule has 0 aliphatic rings. The summed E-state index contributed by atoms with van der Waals surface area (Å²) in [4.78, 5) is 0. The highest BCUT2D eigenvalue weighted by atomic mass is 19.2. The van der Waals surface area contributed by atoms with Crippen LogP contribution < -0.4 is 9.47 Å². The lowest BCUT2D eigenvalue weighted by Gasteiger charge is -2.11. The minimum atomic E-state index is -0.834. The highest BCUT2D eigenvalue weighted by molar-refractivity contribution is 6.08. The van der Waals surface area contributed by atoms with Crippen molar-refractivity contribution in [1.82, 2.24) is 0 Å². The van der Waals surface area contributed by atoms with E-state index in [0.717, 1.165) is 32.3 Å². The van der Waals surface area contributed by atoms with Crippen LogP contribution in [0.25, 0.3) is 43.1 Å². The van der Waals surface area contributed by atoms with E-state index in [2.05, 4.69) is 24.3 Å². The molecule has 0 spiro atoms. The molecule has 0 aromatic heterocycles. The zero-order chi connectivity index (χ0) is 19.4. The Kier molecular flexibility index (Phi) is 3.63. The van der Waals surface area contributed by atoms with Crippen LogP contribution in [0.2, 0.25) is 0 Å². The van der Waals surface area contributed by atoms with Gasteiger partial charge in [0, 0.05) is 0 Å². The maximum absolute atomic E-state index is 13.6. The van der Waals surface area contributed by atoms with Crippen LogP contribution in [0.4, 0.5) is 8.78 Å². The third-order valence-corrected chi connectivity index (χ3v) is 5.25. The van der Waals surface area contributed by atoms with Gasteiger partial charge in [0.2, 0.25) is 0 Å². The molecule has 0 aliphatic heterocycles. The molecule has 0 N–H and O–H groups in total. The lowest BCUT2D eigenvalue weighted by atomic mass is 9.97. The molecule has 0 unspecified atom stereocenters. The summed E-state index contributed by atoms with van der Waals surface area (Å²) in [7, 11) is 3.23. The van der Waals surface area contributed by atoms with Gasteiger partial charge < -0.3 is 9.47 Å². The minimum absolute atomic E-state index is 0.679. The Labute approximate surface area is 159 Å². The van der Waals surface area contributed by atoms with Gasteiger partial charge in [0.15, 0.2) is 23.1 Å². The maximum atomic E-state index is 13.6. The number of ether oxygens (including phenoxy) is 2. The van der Waals surface area contributed by atoms with Gasteiger partial charge in [-0.15, -0.1) is 0 Å². The lowest BCUT2D eigenvalue weighted by molar-refractivity contribution is 0.356. The smallest absolute Gasteiger partial charge is 0.161 e. The Hall–Kier alpha value is -3.40. The van der Waals surface area contributed by atoms with Crippen molar-refractivity contribution in [3.05, 3.63) is 72.3 Å². The van der Waals surface area contributed by atoms with Gasteiger partial charge in [-0.05, 0) is 104 Å². The molecule has 0 atom stereocenters. The highest BCUT2D eigenvalue weighted by Gasteiger charge is 2.09. The molecule has 2 nitrogen and oxygen atoms in total. The van der Waals surface area contributed by atoms with Gasteiger partial charge in [-0.25, -0.2) is 8.78 Å². The van der Waals surface area contributed by atoms with E-state index < -0.39 is 11.6 Å². The third kappa shape index (κ3) is 2.53. The predicted octanol–water partition coefficient (Wildman–Crippen LogP) is 6.59. The number of hydrogen-bond acceptors (Lipinski definition) is 2. The van der Waals surface area contributed by atoms with Crippen molar-refractivity contribution in [2.75, 3.05) is 14.2 Å². The number of methoxy groups -OCH3 is 2. The standard InChI is InChI=1S/C24H16F2O2/c1-27-23-11-19-7-15-3-13-5-17-9-21(25)22(26)10-18(17)6-14(13)4-16(15)8-20(19)12-24(23)28-2/h3-12H,1-2H3.